The molecular weight excluding hydrogens is 214 g/mol. The van der Waals surface area contributed by atoms with Crippen molar-refractivity contribution in [3.8, 4) is 5.75 Å². The van der Waals surface area contributed by atoms with Gasteiger partial charge in [-0.3, -0.25) is 4.79 Å². The summed E-state index contributed by atoms with van der Waals surface area (Å²) in [5, 5.41) is 0. The molecule has 0 aliphatic rings. The summed E-state index contributed by atoms with van der Waals surface area (Å²) in [6.45, 7) is 3.89. The number of ether oxygens (including phenoxy) is 1. The topological polar surface area (TPSA) is 52.3 Å². The predicted octanol–water partition coefficient (Wildman–Crippen LogP) is 2.70. The summed E-state index contributed by atoms with van der Waals surface area (Å²) < 4.78 is 5.11. The maximum absolute atomic E-state index is 12.0. The van der Waals surface area contributed by atoms with Crippen molar-refractivity contribution in [2.24, 2.45) is 5.73 Å². The molecule has 0 heterocycles. The monoisotopic (exact) mass is 235 g/mol. The maximum atomic E-state index is 12.0. The lowest BCUT2D eigenvalue weighted by Crippen LogP contribution is -2.15. The number of ketones is 1. The van der Waals surface area contributed by atoms with Crippen molar-refractivity contribution in [2.75, 3.05) is 7.11 Å². The van der Waals surface area contributed by atoms with E-state index in [1.54, 1.807) is 7.11 Å². The summed E-state index contributed by atoms with van der Waals surface area (Å²) in [6.07, 6.45) is 2.30. The van der Waals surface area contributed by atoms with Crippen LogP contribution in [0.25, 0.3) is 0 Å². The van der Waals surface area contributed by atoms with Crippen LogP contribution in [0.2, 0.25) is 0 Å². The number of benzene rings is 1. The fraction of sp³-hybridized carbons (Fsp3) is 0.500. The normalized spacial score (nSPS) is 12.2. The number of rotatable bonds is 6. The van der Waals surface area contributed by atoms with Crippen molar-refractivity contribution in [3.63, 3.8) is 0 Å². The molecule has 3 heteroatoms. The van der Waals surface area contributed by atoms with E-state index >= 15 is 0 Å². The Balaban J connectivity index is 2.63. The standard InChI is InChI=1S/C14H21NO2/c1-10-9-12(17-3)7-8-13(10)14(16)6-4-5-11(2)15/h7-9,11H,4-6,15H2,1-3H3. The Morgan fingerprint density at radius 2 is 2.18 bits per heavy atom. The number of nitrogens with two attached hydrogens (primary N) is 1. The second-order valence-electron chi connectivity index (χ2n) is 4.47. The molecule has 1 atom stereocenters. The molecule has 0 aliphatic heterocycles. The highest BCUT2D eigenvalue weighted by Gasteiger charge is 2.09. The molecule has 0 aliphatic carbocycles. The lowest BCUT2D eigenvalue weighted by Gasteiger charge is -2.08. The number of hydrogen-bond donors (Lipinski definition) is 1. The first-order chi connectivity index (χ1) is 8.04. The van der Waals surface area contributed by atoms with Gasteiger partial charge in [-0.25, -0.2) is 0 Å². The summed E-state index contributed by atoms with van der Waals surface area (Å²) in [5.41, 5.74) is 7.41. The summed E-state index contributed by atoms with van der Waals surface area (Å²) in [4.78, 5) is 12.0. The molecule has 0 amide bonds. The first-order valence-corrected chi connectivity index (χ1v) is 5.98. The average molecular weight is 235 g/mol. The van der Waals surface area contributed by atoms with E-state index in [1.165, 1.54) is 0 Å². The van der Waals surface area contributed by atoms with Gasteiger partial charge in [-0.15, -0.1) is 0 Å². The van der Waals surface area contributed by atoms with Crippen LogP contribution in [0.1, 0.15) is 42.1 Å². The number of carbonyl (C=O) groups is 1. The van der Waals surface area contributed by atoms with Crippen molar-refractivity contribution in [1.29, 1.82) is 0 Å². The van der Waals surface area contributed by atoms with Gasteiger partial charge in [-0.1, -0.05) is 0 Å². The molecule has 1 aromatic rings. The molecule has 1 unspecified atom stereocenters. The molecular formula is C14H21NO2. The lowest BCUT2D eigenvalue weighted by atomic mass is 9.99. The minimum atomic E-state index is 0.166. The maximum Gasteiger partial charge on any atom is 0.163 e. The van der Waals surface area contributed by atoms with Crippen molar-refractivity contribution in [2.45, 2.75) is 39.2 Å². The van der Waals surface area contributed by atoms with Crippen LogP contribution in [0.5, 0.6) is 5.75 Å². The Bertz CT molecular complexity index is 386. The SMILES string of the molecule is COc1ccc(C(=O)CCCC(C)N)c(C)c1. The van der Waals surface area contributed by atoms with Gasteiger partial charge in [0.2, 0.25) is 0 Å². The van der Waals surface area contributed by atoms with Gasteiger partial charge in [0.1, 0.15) is 5.75 Å². The fourth-order valence-corrected chi connectivity index (χ4v) is 1.80. The average Bonchev–Trinajstić information content (AvgIpc) is 2.28. The summed E-state index contributed by atoms with van der Waals surface area (Å²) >= 11 is 0. The van der Waals surface area contributed by atoms with Gasteiger partial charge >= 0.3 is 0 Å². The van der Waals surface area contributed by atoms with Crippen LogP contribution in [0.15, 0.2) is 18.2 Å². The first kappa shape index (κ1) is 13.7. The third kappa shape index (κ3) is 4.19. The number of carbonyl (C=O) groups excluding carboxylic acids is 1. The van der Waals surface area contributed by atoms with Gasteiger partial charge in [0.15, 0.2) is 5.78 Å². The zero-order valence-corrected chi connectivity index (χ0v) is 10.8. The molecule has 0 saturated heterocycles. The zero-order chi connectivity index (χ0) is 12.8. The molecule has 0 radical (unpaired) electrons. The van der Waals surface area contributed by atoms with E-state index < -0.39 is 0 Å². The second kappa shape index (κ2) is 6.40. The molecule has 2 N–H and O–H groups in total. The first-order valence-electron chi connectivity index (χ1n) is 5.98. The molecule has 0 aromatic heterocycles. The van der Waals surface area contributed by atoms with E-state index in [0.717, 1.165) is 29.7 Å². The van der Waals surface area contributed by atoms with E-state index in [0.29, 0.717) is 6.42 Å². The smallest absolute Gasteiger partial charge is 0.163 e. The van der Waals surface area contributed by atoms with Crippen molar-refractivity contribution in [1.82, 2.24) is 0 Å². The Hall–Kier alpha value is -1.35. The minimum absolute atomic E-state index is 0.166. The van der Waals surface area contributed by atoms with Gasteiger partial charge < -0.3 is 10.5 Å². The number of aryl methyl sites for hydroxylation is 1. The third-order valence-electron chi connectivity index (χ3n) is 2.80. The van der Waals surface area contributed by atoms with E-state index in [1.807, 2.05) is 32.0 Å². The molecule has 1 aromatic carbocycles. The molecule has 1 rings (SSSR count). The van der Waals surface area contributed by atoms with Crippen molar-refractivity contribution in [3.05, 3.63) is 29.3 Å². The van der Waals surface area contributed by atoms with Gasteiger partial charge in [-0.2, -0.15) is 0 Å². The van der Waals surface area contributed by atoms with E-state index in [4.69, 9.17) is 10.5 Å². The van der Waals surface area contributed by atoms with Gasteiger partial charge in [0.25, 0.3) is 0 Å². The van der Waals surface area contributed by atoms with Gasteiger partial charge in [0.05, 0.1) is 7.11 Å². The highest BCUT2D eigenvalue weighted by atomic mass is 16.5. The Kier molecular flexibility index (Phi) is 5.16. The van der Waals surface area contributed by atoms with Gasteiger partial charge in [0, 0.05) is 18.0 Å². The summed E-state index contributed by atoms with van der Waals surface area (Å²) in [6, 6.07) is 5.72. The summed E-state index contributed by atoms with van der Waals surface area (Å²) in [5.74, 6) is 0.973. The van der Waals surface area contributed by atoms with Crippen LogP contribution < -0.4 is 10.5 Å². The van der Waals surface area contributed by atoms with Crippen LogP contribution in [-0.4, -0.2) is 18.9 Å². The summed E-state index contributed by atoms with van der Waals surface area (Å²) in [7, 11) is 1.62. The molecule has 0 fully saturated rings. The molecule has 0 saturated carbocycles. The Labute approximate surface area is 103 Å². The van der Waals surface area contributed by atoms with E-state index in [9.17, 15) is 4.79 Å². The van der Waals surface area contributed by atoms with E-state index in [-0.39, 0.29) is 11.8 Å². The molecule has 3 nitrogen and oxygen atoms in total. The van der Waals surface area contributed by atoms with Crippen LogP contribution in [-0.2, 0) is 0 Å². The fourth-order valence-electron chi connectivity index (χ4n) is 1.80. The quantitative estimate of drug-likeness (QED) is 0.771. The van der Waals surface area contributed by atoms with E-state index in [2.05, 4.69) is 0 Å². The van der Waals surface area contributed by atoms with Crippen LogP contribution in [0.3, 0.4) is 0 Å². The highest BCUT2D eigenvalue weighted by Crippen LogP contribution is 2.19. The van der Waals surface area contributed by atoms with Crippen LogP contribution >= 0.6 is 0 Å². The van der Waals surface area contributed by atoms with Crippen LogP contribution in [0, 0.1) is 6.92 Å². The molecule has 17 heavy (non-hydrogen) atoms. The Morgan fingerprint density at radius 1 is 1.47 bits per heavy atom. The third-order valence-corrected chi connectivity index (χ3v) is 2.80. The van der Waals surface area contributed by atoms with Crippen molar-refractivity contribution >= 4 is 5.78 Å². The van der Waals surface area contributed by atoms with Gasteiger partial charge in [-0.05, 0) is 50.5 Å². The number of methoxy groups -OCH3 is 1. The predicted molar refractivity (Wildman–Crippen MR) is 69.6 cm³/mol. The highest BCUT2D eigenvalue weighted by molar-refractivity contribution is 5.97. The molecule has 0 spiro atoms. The number of hydrogen-bond acceptors (Lipinski definition) is 3. The lowest BCUT2D eigenvalue weighted by molar-refractivity contribution is 0.0978. The minimum Gasteiger partial charge on any atom is -0.497 e. The number of Topliss-reactive ketones (excluding diaryl/α,β-unsaturated/α-hetero) is 1. The largest absolute Gasteiger partial charge is 0.497 e. The van der Waals surface area contributed by atoms with Crippen LogP contribution in [0.4, 0.5) is 0 Å². The molecule has 0 bridgehead atoms. The van der Waals surface area contributed by atoms with Crippen molar-refractivity contribution < 1.29 is 9.53 Å². The Morgan fingerprint density at radius 3 is 2.71 bits per heavy atom. The molecule has 94 valence electrons. The zero-order valence-electron chi connectivity index (χ0n) is 10.8. The second-order valence-corrected chi connectivity index (χ2v) is 4.47.